The summed E-state index contributed by atoms with van der Waals surface area (Å²) in [5.74, 6) is -0.469. The minimum atomic E-state index is -0.469. The van der Waals surface area contributed by atoms with Crippen molar-refractivity contribution in [3.8, 4) is 0 Å². The molecular formula is C9H12N2O3. The highest BCUT2D eigenvalue weighted by Crippen LogP contribution is 2.32. The Labute approximate surface area is 80.7 Å². The first-order chi connectivity index (χ1) is 6.72. The van der Waals surface area contributed by atoms with Gasteiger partial charge in [-0.3, -0.25) is 9.89 Å². The molecule has 1 saturated carbocycles. The molecule has 0 unspecified atom stereocenters. The summed E-state index contributed by atoms with van der Waals surface area (Å²) in [5, 5.41) is 2.76. The fourth-order valence-electron chi connectivity index (χ4n) is 1.33. The van der Waals surface area contributed by atoms with E-state index in [1.165, 1.54) is 10.7 Å². The molecule has 14 heavy (non-hydrogen) atoms. The van der Waals surface area contributed by atoms with Crippen molar-refractivity contribution in [1.29, 1.82) is 0 Å². The zero-order chi connectivity index (χ0) is 10.1. The Kier molecular flexibility index (Phi) is 2.15. The molecule has 0 radical (unpaired) electrons. The van der Waals surface area contributed by atoms with Crippen molar-refractivity contribution in [2.75, 3.05) is 6.61 Å². The third-order valence-corrected chi connectivity index (χ3v) is 2.15. The summed E-state index contributed by atoms with van der Waals surface area (Å²) in [6.07, 6.45) is 2.01. The van der Waals surface area contributed by atoms with E-state index in [9.17, 15) is 9.59 Å². The van der Waals surface area contributed by atoms with E-state index in [4.69, 9.17) is 4.74 Å². The summed E-state index contributed by atoms with van der Waals surface area (Å²) in [7, 11) is 0. The van der Waals surface area contributed by atoms with Gasteiger partial charge in [-0.1, -0.05) is 0 Å². The summed E-state index contributed by atoms with van der Waals surface area (Å²) in [5.41, 5.74) is 0.0827. The Bertz CT molecular complexity index is 400. The lowest BCUT2D eigenvalue weighted by Crippen LogP contribution is -2.13. The Morgan fingerprint density at radius 1 is 1.71 bits per heavy atom. The number of carbonyl (C=O) groups excluding carboxylic acids is 1. The number of nitrogens with zero attached hydrogens (tertiary/aromatic N) is 1. The largest absolute Gasteiger partial charge is 0.461 e. The summed E-state index contributed by atoms with van der Waals surface area (Å²) in [6, 6.07) is 1.54. The maximum Gasteiger partial charge on any atom is 0.356 e. The van der Waals surface area contributed by atoms with Gasteiger partial charge in [-0.05, 0) is 19.8 Å². The number of nitrogens with one attached hydrogen (secondary N) is 1. The average Bonchev–Trinajstić information content (AvgIpc) is 2.91. The molecule has 1 N–H and O–H groups in total. The number of carbonyl (C=O) groups is 1. The molecular weight excluding hydrogens is 184 g/mol. The average molecular weight is 196 g/mol. The quantitative estimate of drug-likeness (QED) is 0.723. The number of esters is 1. The molecule has 1 heterocycles. The zero-order valence-electron chi connectivity index (χ0n) is 7.95. The SMILES string of the molecule is CCOC(=O)c1cc(=O)n(C2CC2)[nH]1. The zero-order valence-corrected chi connectivity index (χ0v) is 7.95. The van der Waals surface area contributed by atoms with Crippen LogP contribution >= 0.6 is 0 Å². The van der Waals surface area contributed by atoms with Crippen LogP contribution in [-0.4, -0.2) is 22.4 Å². The Hall–Kier alpha value is -1.52. The molecule has 0 aromatic carbocycles. The molecule has 1 aliphatic carbocycles. The lowest BCUT2D eigenvalue weighted by molar-refractivity contribution is 0.0518. The molecule has 76 valence electrons. The molecule has 1 aromatic heterocycles. The van der Waals surface area contributed by atoms with Crippen molar-refractivity contribution < 1.29 is 9.53 Å². The van der Waals surface area contributed by atoms with Crippen LogP contribution in [0.1, 0.15) is 36.3 Å². The molecule has 1 aliphatic rings. The van der Waals surface area contributed by atoms with Crippen LogP contribution in [0.25, 0.3) is 0 Å². The van der Waals surface area contributed by atoms with Crippen LogP contribution in [-0.2, 0) is 4.74 Å². The summed E-state index contributed by atoms with van der Waals surface area (Å²) < 4.78 is 6.27. The van der Waals surface area contributed by atoms with Crippen LogP contribution in [0.5, 0.6) is 0 Å². The molecule has 0 amide bonds. The van der Waals surface area contributed by atoms with E-state index in [-0.39, 0.29) is 17.3 Å². The number of ether oxygens (including phenoxy) is 1. The molecule has 0 atom stereocenters. The van der Waals surface area contributed by atoms with Crippen molar-refractivity contribution in [2.45, 2.75) is 25.8 Å². The molecule has 2 rings (SSSR count). The highest BCUT2D eigenvalue weighted by molar-refractivity contribution is 5.86. The summed E-state index contributed by atoms with van der Waals surface area (Å²) >= 11 is 0. The van der Waals surface area contributed by atoms with Crippen LogP contribution in [0.15, 0.2) is 10.9 Å². The van der Waals surface area contributed by atoms with E-state index in [1.807, 2.05) is 0 Å². The first-order valence-electron chi connectivity index (χ1n) is 4.71. The van der Waals surface area contributed by atoms with E-state index in [1.54, 1.807) is 6.92 Å². The highest BCUT2D eigenvalue weighted by atomic mass is 16.5. The predicted molar refractivity (Wildman–Crippen MR) is 49.3 cm³/mol. The van der Waals surface area contributed by atoms with E-state index < -0.39 is 5.97 Å². The van der Waals surface area contributed by atoms with Crippen molar-refractivity contribution in [3.63, 3.8) is 0 Å². The van der Waals surface area contributed by atoms with Crippen LogP contribution < -0.4 is 5.56 Å². The van der Waals surface area contributed by atoms with Crippen LogP contribution in [0.4, 0.5) is 0 Å². The van der Waals surface area contributed by atoms with Gasteiger partial charge < -0.3 is 4.74 Å². The lowest BCUT2D eigenvalue weighted by atomic mass is 10.4. The topological polar surface area (TPSA) is 64.1 Å². The maximum atomic E-state index is 11.4. The van der Waals surface area contributed by atoms with Gasteiger partial charge in [0, 0.05) is 6.07 Å². The molecule has 0 spiro atoms. The van der Waals surface area contributed by atoms with Crippen molar-refractivity contribution in [1.82, 2.24) is 9.78 Å². The number of aromatic amines is 1. The smallest absolute Gasteiger partial charge is 0.356 e. The predicted octanol–water partition coefficient (Wildman–Crippen LogP) is 0.688. The van der Waals surface area contributed by atoms with Crippen LogP contribution in [0.2, 0.25) is 0 Å². The van der Waals surface area contributed by atoms with Gasteiger partial charge in [0.1, 0.15) is 5.69 Å². The fourth-order valence-corrected chi connectivity index (χ4v) is 1.33. The molecule has 5 nitrogen and oxygen atoms in total. The molecule has 5 heteroatoms. The highest BCUT2D eigenvalue weighted by Gasteiger charge is 2.26. The normalized spacial score (nSPS) is 15.5. The third kappa shape index (κ3) is 1.57. The number of rotatable bonds is 3. The number of aromatic nitrogens is 2. The maximum absolute atomic E-state index is 11.4. The van der Waals surface area contributed by atoms with Gasteiger partial charge >= 0.3 is 5.97 Å². The second-order valence-electron chi connectivity index (χ2n) is 3.33. The summed E-state index contributed by atoms with van der Waals surface area (Å²) in [6.45, 7) is 2.05. The molecule has 1 aromatic rings. The van der Waals surface area contributed by atoms with E-state index in [2.05, 4.69) is 5.10 Å². The van der Waals surface area contributed by atoms with Crippen LogP contribution in [0.3, 0.4) is 0 Å². The molecule has 0 bridgehead atoms. The van der Waals surface area contributed by atoms with Gasteiger partial charge in [0.05, 0.1) is 12.6 Å². The fraction of sp³-hybridized carbons (Fsp3) is 0.556. The first kappa shape index (κ1) is 9.05. The van der Waals surface area contributed by atoms with Gasteiger partial charge in [-0.15, -0.1) is 0 Å². The van der Waals surface area contributed by atoms with E-state index >= 15 is 0 Å². The van der Waals surface area contributed by atoms with Crippen molar-refractivity contribution in [3.05, 3.63) is 22.1 Å². The van der Waals surface area contributed by atoms with Gasteiger partial charge in [0.15, 0.2) is 0 Å². The Morgan fingerprint density at radius 3 is 3.00 bits per heavy atom. The van der Waals surface area contributed by atoms with Crippen LogP contribution in [0, 0.1) is 0 Å². The number of hydrogen-bond acceptors (Lipinski definition) is 3. The lowest BCUT2D eigenvalue weighted by Gasteiger charge is -1.98. The van der Waals surface area contributed by atoms with Gasteiger partial charge in [0.25, 0.3) is 5.56 Å². The van der Waals surface area contributed by atoms with E-state index in [0.717, 1.165) is 12.8 Å². The molecule has 0 aliphatic heterocycles. The standard InChI is InChI=1S/C9H12N2O3/c1-2-14-9(13)7-5-8(12)11(10-7)6-3-4-6/h5-6,10H,2-4H2,1H3. The minimum absolute atomic E-state index is 0.157. The van der Waals surface area contributed by atoms with Crippen molar-refractivity contribution >= 4 is 5.97 Å². The van der Waals surface area contributed by atoms with Crippen molar-refractivity contribution in [2.24, 2.45) is 0 Å². The molecule has 1 fully saturated rings. The second kappa shape index (κ2) is 3.32. The number of H-pyrrole nitrogens is 1. The number of hydrogen-bond donors (Lipinski definition) is 1. The second-order valence-corrected chi connectivity index (χ2v) is 3.33. The van der Waals surface area contributed by atoms with E-state index in [0.29, 0.717) is 6.61 Å². The van der Waals surface area contributed by atoms with Gasteiger partial charge in [-0.25, -0.2) is 9.48 Å². The van der Waals surface area contributed by atoms with Gasteiger partial charge in [-0.2, -0.15) is 0 Å². The Balaban J connectivity index is 2.23. The Morgan fingerprint density at radius 2 is 2.43 bits per heavy atom. The monoisotopic (exact) mass is 196 g/mol. The minimum Gasteiger partial charge on any atom is -0.461 e. The summed E-state index contributed by atoms with van der Waals surface area (Å²) in [4.78, 5) is 22.6. The third-order valence-electron chi connectivity index (χ3n) is 2.15. The molecule has 0 saturated heterocycles. The first-order valence-corrected chi connectivity index (χ1v) is 4.71. The van der Waals surface area contributed by atoms with Gasteiger partial charge in [0.2, 0.25) is 0 Å².